The van der Waals surface area contributed by atoms with Gasteiger partial charge in [-0.05, 0) is 23.5 Å². The van der Waals surface area contributed by atoms with Gasteiger partial charge in [0.1, 0.15) is 0 Å². The van der Waals surface area contributed by atoms with Gasteiger partial charge in [0.15, 0.2) is 0 Å². The lowest BCUT2D eigenvalue weighted by Gasteiger charge is -2.40. The Morgan fingerprint density at radius 1 is 0.952 bits per heavy atom. The number of piperidine rings is 1. The highest BCUT2D eigenvalue weighted by molar-refractivity contribution is 5.32. The van der Waals surface area contributed by atoms with Crippen LogP contribution in [0, 0.1) is 5.92 Å². The Kier molecular flexibility index (Phi) is 4.37. The average molecular weight is 280 g/mol. The molecule has 0 saturated carbocycles. The van der Waals surface area contributed by atoms with Crippen molar-refractivity contribution >= 4 is 0 Å². The smallest absolute Gasteiger partial charge is 0.0601 e. The predicted molar refractivity (Wildman–Crippen MR) is 88.1 cm³/mol. The minimum atomic E-state index is 0.336. The van der Waals surface area contributed by atoms with Gasteiger partial charge in [0.05, 0.1) is 6.04 Å². The quantitative estimate of drug-likeness (QED) is 0.933. The molecule has 2 unspecified atom stereocenters. The summed E-state index contributed by atoms with van der Waals surface area (Å²) in [6.07, 6.45) is 1.08. The van der Waals surface area contributed by atoms with Gasteiger partial charge in [0.2, 0.25) is 0 Å². The summed E-state index contributed by atoms with van der Waals surface area (Å²) < 4.78 is 0. The van der Waals surface area contributed by atoms with Gasteiger partial charge in [-0.2, -0.15) is 0 Å². The minimum Gasteiger partial charge on any atom is -0.327 e. The van der Waals surface area contributed by atoms with Crippen LogP contribution in [0.4, 0.5) is 0 Å². The number of likely N-dealkylation sites (tertiary alicyclic amines) is 1. The van der Waals surface area contributed by atoms with Crippen molar-refractivity contribution in [3.8, 4) is 0 Å². The van der Waals surface area contributed by atoms with E-state index >= 15 is 0 Å². The lowest BCUT2D eigenvalue weighted by atomic mass is 9.90. The first-order valence-corrected chi connectivity index (χ1v) is 7.85. The third-order valence-electron chi connectivity index (χ3n) is 4.60. The van der Waals surface area contributed by atoms with E-state index in [0.717, 1.165) is 19.5 Å². The lowest BCUT2D eigenvalue weighted by Crippen LogP contribution is -2.47. The molecule has 2 aromatic carbocycles. The largest absolute Gasteiger partial charge is 0.327 e. The van der Waals surface area contributed by atoms with Gasteiger partial charge in [0, 0.05) is 19.1 Å². The summed E-state index contributed by atoms with van der Waals surface area (Å²) in [5.74, 6) is 0.550. The van der Waals surface area contributed by atoms with Crippen molar-refractivity contribution in [1.29, 1.82) is 0 Å². The number of nitrogens with two attached hydrogens (primary N) is 1. The normalized spacial score (nSPS) is 23.4. The second-order valence-corrected chi connectivity index (χ2v) is 6.15. The zero-order chi connectivity index (χ0) is 14.7. The number of nitrogens with zero attached hydrogens (tertiary/aromatic N) is 1. The highest BCUT2D eigenvalue weighted by atomic mass is 15.2. The molecule has 2 heteroatoms. The standard InChI is InChI=1S/C19H24N2/c1-15-14-21(13-12-18(15)20)19(16-8-4-2-5-9-16)17-10-6-3-7-11-17/h2-11,15,18-19H,12-14,20H2,1H3. The zero-order valence-corrected chi connectivity index (χ0v) is 12.7. The molecule has 3 rings (SSSR count). The molecule has 110 valence electrons. The fourth-order valence-corrected chi connectivity index (χ4v) is 3.32. The van der Waals surface area contributed by atoms with Crippen LogP contribution in [-0.4, -0.2) is 24.0 Å². The van der Waals surface area contributed by atoms with E-state index in [1.165, 1.54) is 11.1 Å². The maximum absolute atomic E-state index is 6.19. The minimum absolute atomic E-state index is 0.336. The Balaban J connectivity index is 1.94. The maximum Gasteiger partial charge on any atom is 0.0601 e. The number of benzene rings is 2. The van der Waals surface area contributed by atoms with Crippen LogP contribution in [0.3, 0.4) is 0 Å². The topological polar surface area (TPSA) is 29.3 Å². The number of hydrogen-bond donors (Lipinski definition) is 1. The first-order valence-electron chi connectivity index (χ1n) is 7.85. The monoisotopic (exact) mass is 280 g/mol. The van der Waals surface area contributed by atoms with E-state index in [-0.39, 0.29) is 0 Å². The predicted octanol–water partition coefficient (Wildman–Crippen LogP) is 3.45. The van der Waals surface area contributed by atoms with Crippen LogP contribution in [0.15, 0.2) is 60.7 Å². The lowest BCUT2D eigenvalue weighted by molar-refractivity contribution is 0.133. The summed E-state index contributed by atoms with van der Waals surface area (Å²) in [6.45, 7) is 4.40. The van der Waals surface area contributed by atoms with Gasteiger partial charge in [0.25, 0.3) is 0 Å². The first kappa shape index (κ1) is 14.3. The highest BCUT2D eigenvalue weighted by Gasteiger charge is 2.29. The van der Waals surface area contributed by atoms with Crippen LogP contribution in [0.5, 0.6) is 0 Å². The van der Waals surface area contributed by atoms with Crippen LogP contribution in [0.1, 0.15) is 30.5 Å². The third-order valence-corrected chi connectivity index (χ3v) is 4.60. The molecule has 1 heterocycles. The van der Waals surface area contributed by atoms with Crippen molar-refractivity contribution in [2.24, 2.45) is 11.7 Å². The van der Waals surface area contributed by atoms with E-state index in [1.807, 2.05) is 0 Å². The van der Waals surface area contributed by atoms with Crippen molar-refractivity contribution in [3.63, 3.8) is 0 Å². The van der Waals surface area contributed by atoms with E-state index in [0.29, 0.717) is 18.0 Å². The molecule has 1 fully saturated rings. The van der Waals surface area contributed by atoms with Crippen molar-refractivity contribution in [1.82, 2.24) is 4.90 Å². The molecule has 1 aliphatic heterocycles. The molecule has 0 radical (unpaired) electrons. The van der Waals surface area contributed by atoms with E-state index < -0.39 is 0 Å². The van der Waals surface area contributed by atoms with Crippen molar-refractivity contribution in [3.05, 3.63) is 71.8 Å². The van der Waals surface area contributed by atoms with Crippen LogP contribution < -0.4 is 5.73 Å². The summed E-state index contributed by atoms with van der Waals surface area (Å²) >= 11 is 0. The van der Waals surface area contributed by atoms with Crippen LogP contribution in [-0.2, 0) is 0 Å². The van der Waals surface area contributed by atoms with Crippen molar-refractivity contribution in [2.75, 3.05) is 13.1 Å². The summed E-state index contributed by atoms with van der Waals surface area (Å²) in [5.41, 5.74) is 8.93. The highest BCUT2D eigenvalue weighted by Crippen LogP contribution is 2.31. The van der Waals surface area contributed by atoms with Crippen molar-refractivity contribution in [2.45, 2.75) is 25.4 Å². The Morgan fingerprint density at radius 3 is 1.95 bits per heavy atom. The molecule has 0 spiro atoms. The summed E-state index contributed by atoms with van der Waals surface area (Å²) in [5, 5.41) is 0. The molecular formula is C19H24N2. The molecule has 0 amide bonds. The first-order chi connectivity index (χ1) is 10.3. The molecule has 2 nitrogen and oxygen atoms in total. The SMILES string of the molecule is CC1CN(C(c2ccccc2)c2ccccc2)CCC1N. The molecule has 1 aliphatic rings. The summed E-state index contributed by atoms with van der Waals surface area (Å²) in [4.78, 5) is 2.58. The van der Waals surface area contributed by atoms with Gasteiger partial charge < -0.3 is 5.73 Å². The molecule has 0 aromatic heterocycles. The Hall–Kier alpha value is -1.64. The Labute approximate surface area is 127 Å². The summed E-state index contributed by atoms with van der Waals surface area (Å²) in [6, 6.07) is 22.3. The van der Waals surface area contributed by atoms with Gasteiger partial charge in [-0.1, -0.05) is 67.6 Å². The van der Waals surface area contributed by atoms with E-state index in [2.05, 4.69) is 72.5 Å². The van der Waals surface area contributed by atoms with Crippen molar-refractivity contribution < 1.29 is 0 Å². The second kappa shape index (κ2) is 6.42. The van der Waals surface area contributed by atoms with E-state index in [9.17, 15) is 0 Å². The van der Waals surface area contributed by atoms with Gasteiger partial charge in [-0.15, -0.1) is 0 Å². The van der Waals surface area contributed by atoms with Crippen LogP contribution in [0.2, 0.25) is 0 Å². The number of rotatable bonds is 3. The van der Waals surface area contributed by atoms with E-state index in [4.69, 9.17) is 5.73 Å². The van der Waals surface area contributed by atoms with Gasteiger partial charge >= 0.3 is 0 Å². The van der Waals surface area contributed by atoms with Gasteiger partial charge in [-0.3, -0.25) is 4.90 Å². The van der Waals surface area contributed by atoms with Crippen LogP contribution in [0.25, 0.3) is 0 Å². The molecule has 0 aliphatic carbocycles. The Morgan fingerprint density at radius 2 is 1.48 bits per heavy atom. The maximum atomic E-state index is 6.19. The molecular weight excluding hydrogens is 256 g/mol. The third kappa shape index (κ3) is 3.17. The molecule has 2 N–H and O–H groups in total. The van der Waals surface area contributed by atoms with E-state index in [1.54, 1.807) is 0 Å². The molecule has 21 heavy (non-hydrogen) atoms. The summed E-state index contributed by atoms with van der Waals surface area (Å²) in [7, 11) is 0. The zero-order valence-electron chi connectivity index (χ0n) is 12.7. The second-order valence-electron chi connectivity index (χ2n) is 6.15. The molecule has 1 saturated heterocycles. The van der Waals surface area contributed by atoms with Gasteiger partial charge in [-0.25, -0.2) is 0 Å². The fourth-order valence-electron chi connectivity index (χ4n) is 3.32. The number of hydrogen-bond acceptors (Lipinski definition) is 2. The van der Waals surface area contributed by atoms with Crippen LogP contribution >= 0.6 is 0 Å². The molecule has 2 aromatic rings. The molecule has 0 bridgehead atoms. The Bertz CT molecular complexity index is 513. The average Bonchev–Trinajstić information content (AvgIpc) is 2.53. The fraction of sp³-hybridized carbons (Fsp3) is 0.368. The molecule has 2 atom stereocenters.